The molecule has 0 aliphatic heterocycles. The van der Waals surface area contributed by atoms with Crippen molar-refractivity contribution in [2.24, 2.45) is 5.92 Å². The summed E-state index contributed by atoms with van der Waals surface area (Å²) in [6.45, 7) is 4.41. The molecule has 0 radical (unpaired) electrons. The molecule has 1 N–H and O–H groups in total. The SMILES string of the molecule is CC(CO)CN(CCc1ccc(Oc2nc3ccccc3s2)cc1)C1CC1. The van der Waals surface area contributed by atoms with Crippen molar-refractivity contribution < 1.29 is 9.84 Å². The van der Waals surface area contributed by atoms with E-state index in [1.165, 1.54) is 18.4 Å². The van der Waals surface area contributed by atoms with E-state index in [1.807, 2.05) is 30.3 Å². The van der Waals surface area contributed by atoms with E-state index in [1.54, 1.807) is 11.3 Å². The van der Waals surface area contributed by atoms with Gasteiger partial charge in [0.2, 0.25) is 0 Å². The minimum atomic E-state index is 0.265. The van der Waals surface area contributed by atoms with E-state index in [0.29, 0.717) is 11.1 Å². The van der Waals surface area contributed by atoms with Crippen LogP contribution in [0.1, 0.15) is 25.3 Å². The van der Waals surface area contributed by atoms with Crippen LogP contribution in [0.3, 0.4) is 0 Å². The molecule has 0 spiro atoms. The van der Waals surface area contributed by atoms with E-state index in [4.69, 9.17) is 4.74 Å². The van der Waals surface area contributed by atoms with Crippen LogP contribution in [0.15, 0.2) is 48.5 Å². The Kier molecular flexibility index (Phi) is 5.72. The Morgan fingerprint density at radius 2 is 1.96 bits per heavy atom. The zero-order chi connectivity index (χ0) is 18.6. The quantitative estimate of drug-likeness (QED) is 0.581. The van der Waals surface area contributed by atoms with Crippen LogP contribution in [0, 0.1) is 5.92 Å². The number of aliphatic hydroxyl groups is 1. The zero-order valence-corrected chi connectivity index (χ0v) is 16.5. The van der Waals surface area contributed by atoms with Crippen molar-refractivity contribution in [1.29, 1.82) is 0 Å². The lowest BCUT2D eigenvalue weighted by atomic mass is 10.1. The number of benzene rings is 2. The van der Waals surface area contributed by atoms with Gasteiger partial charge in [0.1, 0.15) is 5.75 Å². The highest BCUT2D eigenvalue weighted by atomic mass is 32.1. The molecule has 0 saturated heterocycles. The van der Waals surface area contributed by atoms with Gasteiger partial charge >= 0.3 is 0 Å². The molecular formula is C22H26N2O2S. The summed E-state index contributed by atoms with van der Waals surface area (Å²) in [6, 6.07) is 17.1. The number of thiazole rings is 1. The average Bonchev–Trinajstić information content (AvgIpc) is 3.45. The Balaban J connectivity index is 1.34. The molecule has 1 atom stereocenters. The molecule has 1 aliphatic rings. The molecule has 0 amide bonds. The summed E-state index contributed by atoms with van der Waals surface area (Å²) in [6.07, 6.45) is 3.62. The van der Waals surface area contributed by atoms with Crippen LogP contribution >= 0.6 is 11.3 Å². The van der Waals surface area contributed by atoms with Gasteiger partial charge < -0.3 is 9.84 Å². The first kappa shape index (κ1) is 18.4. The highest BCUT2D eigenvalue weighted by Crippen LogP contribution is 2.31. The van der Waals surface area contributed by atoms with Crippen molar-refractivity contribution in [3.05, 3.63) is 54.1 Å². The van der Waals surface area contributed by atoms with Gasteiger partial charge in [0.25, 0.3) is 5.19 Å². The highest BCUT2D eigenvalue weighted by Gasteiger charge is 2.29. The van der Waals surface area contributed by atoms with Crippen LogP contribution in [0.25, 0.3) is 10.2 Å². The molecule has 0 bridgehead atoms. The normalized spacial score (nSPS) is 15.4. The van der Waals surface area contributed by atoms with Gasteiger partial charge in [0.05, 0.1) is 10.2 Å². The minimum Gasteiger partial charge on any atom is -0.431 e. The highest BCUT2D eigenvalue weighted by molar-refractivity contribution is 7.20. The van der Waals surface area contributed by atoms with Gasteiger partial charge in [-0.25, -0.2) is 4.98 Å². The molecule has 3 aromatic rings. The molecule has 142 valence electrons. The van der Waals surface area contributed by atoms with Crippen LogP contribution in [0.5, 0.6) is 10.9 Å². The molecule has 1 aliphatic carbocycles. The summed E-state index contributed by atoms with van der Waals surface area (Å²) < 4.78 is 7.07. The number of ether oxygens (including phenoxy) is 1. The average molecular weight is 383 g/mol. The van der Waals surface area contributed by atoms with Crippen LogP contribution in [0.2, 0.25) is 0 Å². The number of nitrogens with zero attached hydrogens (tertiary/aromatic N) is 2. The number of hydrogen-bond donors (Lipinski definition) is 1. The Bertz CT molecular complexity index is 840. The Morgan fingerprint density at radius 3 is 2.67 bits per heavy atom. The number of para-hydroxylation sites is 1. The number of fused-ring (bicyclic) bond motifs is 1. The molecule has 1 fully saturated rings. The summed E-state index contributed by atoms with van der Waals surface area (Å²) in [5, 5.41) is 10.0. The van der Waals surface area contributed by atoms with Crippen LogP contribution in [-0.4, -0.2) is 40.7 Å². The standard InChI is InChI=1S/C22H26N2O2S/c1-16(15-25)14-24(18-8-9-18)13-12-17-6-10-19(11-7-17)26-22-23-20-4-2-3-5-21(20)27-22/h2-7,10-11,16,18,25H,8-9,12-15H2,1H3. The van der Waals surface area contributed by atoms with Gasteiger partial charge in [-0.15, -0.1) is 0 Å². The number of aliphatic hydroxyl groups excluding tert-OH is 1. The fourth-order valence-electron chi connectivity index (χ4n) is 3.31. The molecule has 1 saturated carbocycles. The minimum absolute atomic E-state index is 0.265. The largest absolute Gasteiger partial charge is 0.431 e. The molecule has 1 unspecified atom stereocenters. The van der Waals surface area contributed by atoms with Gasteiger partial charge in [-0.3, -0.25) is 4.90 Å². The number of hydrogen-bond acceptors (Lipinski definition) is 5. The van der Waals surface area contributed by atoms with E-state index in [-0.39, 0.29) is 6.61 Å². The van der Waals surface area contributed by atoms with Gasteiger partial charge in [0, 0.05) is 25.7 Å². The van der Waals surface area contributed by atoms with E-state index >= 15 is 0 Å². The molecule has 4 rings (SSSR count). The first-order valence-corrected chi connectivity index (χ1v) is 10.5. The van der Waals surface area contributed by atoms with Gasteiger partial charge in [0.15, 0.2) is 0 Å². The molecule has 4 nitrogen and oxygen atoms in total. The second kappa shape index (κ2) is 8.38. The third-order valence-corrected chi connectivity index (χ3v) is 5.93. The lowest BCUT2D eigenvalue weighted by Crippen LogP contribution is -2.33. The van der Waals surface area contributed by atoms with Crippen molar-refractivity contribution in [2.75, 3.05) is 19.7 Å². The van der Waals surface area contributed by atoms with Crippen LogP contribution in [0.4, 0.5) is 0 Å². The first-order valence-electron chi connectivity index (χ1n) is 9.68. The summed E-state index contributed by atoms with van der Waals surface area (Å²) in [5.41, 5.74) is 2.29. The second-order valence-electron chi connectivity index (χ2n) is 7.46. The zero-order valence-electron chi connectivity index (χ0n) is 15.7. The lowest BCUT2D eigenvalue weighted by Gasteiger charge is -2.24. The van der Waals surface area contributed by atoms with Crippen LogP contribution in [-0.2, 0) is 6.42 Å². The van der Waals surface area contributed by atoms with Crippen molar-refractivity contribution in [3.63, 3.8) is 0 Å². The predicted molar refractivity (Wildman–Crippen MR) is 111 cm³/mol. The predicted octanol–water partition coefficient (Wildman–Crippen LogP) is 4.72. The van der Waals surface area contributed by atoms with Crippen LogP contribution < -0.4 is 4.74 Å². The summed E-state index contributed by atoms with van der Waals surface area (Å²) in [4.78, 5) is 7.06. The second-order valence-corrected chi connectivity index (χ2v) is 8.45. The maximum absolute atomic E-state index is 9.32. The summed E-state index contributed by atoms with van der Waals surface area (Å²) in [7, 11) is 0. The molecular weight excluding hydrogens is 356 g/mol. The summed E-state index contributed by atoms with van der Waals surface area (Å²) in [5.74, 6) is 1.17. The first-order chi connectivity index (χ1) is 13.2. The van der Waals surface area contributed by atoms with Crippen molar-refractivity contribution in [2.45, 2.75) is 32.2 Å². The van der Waals surface area contributed by atoms with E-state index < -0.39 is 0 Å². The Morgan fingerprint density at radius 1 is 1.19 bits per heavy atom. The Labute approximate surface area is 164 Å². The smallest absolute Gasteiger partial charge is 0.279 e. The van der Waals surface area contributed by atoms with Gasteiger partial charge in [-0.05, 0) is 55.0 Å². The van der Waals surface area contributed by atoms with E-state index in [2.05, 4.69) is 35.0 Å². The Hall–Kier alpha value is -1.95. The monoisotopic (exact) mass is 382 g/mol. The van der Waals surface area contributed by atoms with Crippen molar-refractivity contribution in [1.82, 2.24) is 9.88 Å². The molecule has 27 heavy (non-hydrogen) atoms. The fraction of sp³-hybridized carbons (Fsp3) is 0.409. The van der Waals surface area contributed by atoms with E-state index in [0.717, 1.165) is 41.5 Å². The number of rotatable bonds is 9. The maximum atomic E-state index is 9.32. The third kappa shape index (κ3) is 4.86. The third-order valence-electron chi connectivity index (χ3n) is 5.01. The van der Waals surface area contributed by atoms with E-state index in [9.17, 15) is 5.11 Å². The summed E-state index contributed by atoms with van der Waals surface area (Å²) >= 11 is 1.57. The fourth-order valence-corrected chi connectivity index (χ4v) is 4.15. The topological polar surface area (TPSA) is 45.6 Å². The molecule has 2 aromatic carbocycles. The van der Waals surface area contributed by atoms with Crippen molar-refractivity contribution in [3.8, 4) is 10.9 Å². The van der Waals surface area contributed by atoms with Crippen molar-refractivity contribution >= 4 is 21.6 Å². The number of aromatic nitrogens is 1. The van der Waals surface area contributed by atoms with Gasteiger partial charge in [-0.2, -0.15) is 0 Å². The molecule has 1 aromatic heterocycles. The lowest BCUT2D eigenvalue weighted by molar-refractivity contribution is 0.169. The molecule has 1 heterocycles. The van der Waals surface area contributed by atoms with Gasteiger partial charge in [-0.1, -0.05) is 42.5 Å². The maximum Gasteiger partial charge on any atom is 0.279 e. The molecule has 5 heteroatoms.